The molecule has 0 bridgehead atoms. The summed E-state index contributed by atoms with van der Waals surface area (Å²) in [6.45, 7) is 2.56. The Balaban J connectivity index is 1.65. The van der Waals surface area contributed by atoms with E-state index in [4.69, 9.17) is 5.11 Å². The first-order valence-electron chi connectivity index (χ1n) is 9.62. The summed E-state index contributed by atoms with van der Waals surface area (Å²) in [5, 5.41) is 12.1. The zero-order valence-corrected chi connectivity index (χ0v) is 15.7. The van der Waals surface area contributed by atoms with E-state index in [9.17, 15) is 22.8 Å². The van der Waals surface area contributed by atoms with Gasteiger partial charge < -0.3 is 15.3 Å². The molecule has 2 aliphatic rings. The maximum Gasteiger partial charge on any atom is 0.416 e. The predicted molar refractivity (Wildman–Crippen MR) is 96.6 cm³/mol. The number of alkyl halides is 3. The number of rotatable bonds is 3. The molecule has 28 heavy (non-hydrogen) atoms. The van der Waals surface area contributed by atoms with Gasteiger partial charge in [-0.2, -0.15) is 13.2 Å². The van der Waals surface area contributed by atoms with Gasteiger partial charge in [-0.1, -0.05) is 19.1 Å². The number of carboxylic acid groups (broad SMARTS) is 1. The van der Waals surface area contributed by atoms with Gasteiger partial charge in [-0.15, -0.1) is 0 Å². The van der Waals surface area contributed by atoms with Gasteiger partial charge in [0.25, 0.3) is 0 Å². The normalized spacial score (nSPS) is 28.2. The van der Waals surface area contributed by atoms with Gasteiger partial charge in [0.2, 0.25) is 0 Å². The standard InChI is InChI=1S/C20H25F3N2O3/c1-12-10-17(13-2-6-15(7-3-13)20(21,22)23)25(11-12)19(28)24-16-8-4-14(5-9-16)18(26)27/h2-3,6-7,12,14,16-17H,4-5,8-11H2,1H3,(H,24,28)(H,26,27). The molecule has 1 aliphatic carbocycles. The van der Waals surface area contributed by atoms with E-state index in [1.807, 2.05) is 6.92 Å². The van der Waals surface area contributed by atoms with Crippen LogP contribution in [0, 0.1) is 11.8 Å². The minimum absolute atomic E-state index is 0.0627. The van der Waals surface area contributed by atoms with Crippen LogP contribution in [-0.4, -0.2) is 34.6 Å². The van der Waals surface area contributed by atoms with Crippen LogP contribution in [0.15, 0.2) is 24.3 Å². The second kappa shape index (κ2) is 8.01. The second-order valence-electron chi connectivity index (χ2n) is 7.97. The molecule has 2 unspecified atom stereocenters. The number of nitrogens with zero attached hydrogens (tertiary/aromatic N) is 1. The van der Waals surface area contributed by atoms with Gasteiger partial charge in [0.15, 0.2) is 0 Å². The van der Waals surface area contributed by atoms with E-state index < -0.39 is 17.7 Å². The summed E-state index contributed by atoms with van der Waals surface area (Å²) in [7, 11) is 0. The summed E-state index contributed by atoms with van der Waals surface area (Å²) in [4.78, 5) is 25.5. The summed E-state index contributed by atoms with van der Waals surface area (Å²) < 4.78 is 38.4. The maximum absolute atomic E-state index is 12.8. The van der Waals surface area contributed by atoms with Crippen molar-refractivity contribution in [3.63, 3.8) is 0 Å². The van der Waals surface area contributed by atoms with Crippen LogP contribution in [-0.2, 0) is 11.0 Å². The van der Waals surface area contributed by atoms with Crippen molar-refractivity contribution >= 4 is 12.0 Å². The summed E-state index contributed by atoms with van der Waals surface area (Å²) in [5.74, 6) is -0.888. The topological polar surface area (TPSA) is 69.6 Å². The van der Waals surface area contributed by atoms with Gasteiger partial charge in [0.1, 0.15) is 0 Å². The van der Waals surface area contributed by atoms with Gasteiger partial charge in [0.05, 0.1) is 17.5 Å². The van der Waals surface area contributed by atoms with E-state index in [0.29, 0.717) is 44.2 Å². The highest BCUT2D eigenvalue weighted by Crippen LogP contribution is 2.37. The molecule has 2 fully saturated rings. The summed E-state index contributed by atoms with van der Waals surface area (Å²) in [6.07, 6.45) is -1.36. The number of carbonyl (C=O) groups is 2. The highest BCUT2D eigenvalue weighted by Gasteiger charge is 2.36. The molecule has 2 amide bonds. The van der Waals surface area contributed by atoms with Crippen molar-refractivity contribution in [2.45, 2.75) is 57.3 Å². The lowest BCUT2D eigenvalue weighted by atomic mass is 9.86. The lowest BCUT2D eigenvalue weighted by Crippen LogP contribution is -2.46. The molecule has 1 aromatic rings. The first kappa shape index (κ1) is 20.5. The van der Waals surface area contributed by atoms with E-state index in [-0.39, 0.29) is 30.0 Å². The second-order valence-corrected chi connectivity index (χ2v) is 7.97. The third-order valence-corrected chi connectivity index (χ3v) is 5.80. The third-order valence-electron chi connectivity index (χ3n) is 5.80. The Hall–Kier alpha value is -2.25. The molecule has 1 aliphatic heterocycles. The molecule has 0 spiro atoms. The van der Waals surface area contributed by atoms with Crippen molar-refractivity contribution in [1.29, 1.82) is 0 Å². The van der Waals surface area contributed by atoms with Crippen molar-refractivity contribution in [3.05, 3.63) is 35.4 Å². The third kappa shape index (κ3) is 4.59. The molecule has 2 N–H and O–H groups in total. The van der Waals surface area contributed by atoms with E-state index >= 15 is 0 Å². The Labute approximate surface area is 161 Å². The van der Waals surface area contributed by atoms with Gasteiger partial charge in [-0.3, -0.25) is 4.79 Å². The number of urea groups is 1. The Bertz CT molecular complexity index is 712. The lowest BCUT2D eigenvalue weighted by Gasteiger charge is -2.31. The average Bonchev–Trinajstić information content (AvgIpc) is 3.03. The number of nitrogens with one attached hydrogen (secondary N) is 1. The fourth-order valence-corrected chi connectivity index (χ4v) is 4.22. The van der Waals surface area contributed by atoms with Crippen LogP contribution in [0.5, 0.6) is 0 Å². The number of amides is 2. The zero-order chi connectivity index (χ0) is 20.5. The van der Waals surface area contributed by atoms with Gasteiger partial charge >= 0.3 is 18.2 Å². The molecule has 8 heteroatoms. The maximum atomic E-state index is 12.8. The minimum Gasteiger partial charge on any atom is -0.481 e. The van der Waals surface area contributed by atoms with Gasteiger partial charge in [-0.05, 0) is 55.7 Å². The molecule has 5 nitrogen and oxygen atoms in total. The Morgan fingerprint density at radius 3 is 2.25 bits per heavy atom. The zero-order valence-electron chi connectivity index (χ0n) is 15.7. The van der Waals surface area contributed by atoms with Crippen molar-refractivity contribution in [1.82, 2.24) is 10.2 Å². The summed E-state index contributed by atoms with van der Waals surface area (Å²) in [6, 6.07) is 4.46. The molecule has 2 atom stereocenters. The van der Waals surface area contributed by atoms with Crippen LogP contribution in [0.2, 0.25) is 0 Å². The number of hydrogen-bond acceptors (Lipinski definition) is 2. The Morgan fingerprint density at radius 2 is 1.71 bits per heavy atom. The molecule has 1 aromatic carbocycles. The first-order chi connectivity index (χ1) is 13.1. The van der Waals surface area contributed by atoms with Crippen LogP contribution < -0.4 is 5.32 Å². The number of benzene rings is 1. The molecule has 1 saturated heterocycles. The molecular weight excluding hydrogens is 373 g/mol. The van der Waals surface area contributed by atoms with Gasteiger partial charge in [0, 0.05) is 12.6 Å². The van der Waals surface area contributed by atoms with Crippen molar-refractivity contribution < 1.29 is 27.9 Å². The average molecular weight is 398 g/mol. The first-order valence-corrected chi connectivity index (χ1v) is 9.62. The number of carboxylic acids is 1. The van der Waals surface area contributed by atoms with Crippen LogP contribution in [0.4, 0.5) is 18.0 Å². The fourth-order valence-electron chi connectivity index (χ4n) is 4.22. The van der Waals surface area contributed by atoms with Gasteiger partial charge in [-0.25, -0.2) is 4.79 Å². The quantitative estimate of drug-likeness (QED) is 0.791. The SMILES string of the molecule is CC1CC(c2ccc(C(F)(F)F)cc2)N(C(=O)NC2CCC(C(=O)O)CC2)C1. The van der Waals surface area contributed by atoms with E-state index in [0.717, 1.165) is 12.1 Å². The van der Waals surface area contributed by atoms with Crippen molar-refractivity contribution in [3.8, 4) is 0 Å². The van der Waals surface area contributed by atoms with Crippen LogP contribution in [0.1, 0.15) is 56.2 Å². The molecule has 1 saturated carbocycles. The van der Waals surface area contributed by atoms with Crippen LogP contribution >= 0.6 is 0 Å². The minimum atomic E-state index is -4.38. The number of carbonyl (C=O) groups excluding carboxylic acids is 1. The Morgan fingerprint density at radius 1 is 1.11 bits per heavy atom. The largest absolute Gasteiger partial charge is 0.481 e. The smallest absolute Gasteiger partial charge is 0.416 e. The highest BCUT2D eigenvalue weighted by atomic mass is 19.4. The molecule has 154 valence electrons. The molecule has 0 aromatic heterocycles. The van der Waals surface area contributed by atoms with Crippen molar-refractivity contribution in [2.24, 2.45) is 11.8 Å². The molecule has 1 heterocycles. The predicted octanol–water partition coefficient (Wildman–Crippen LogP) is 4.44. The van der Waals surface area contributed by atoms with E-state index in [1.165, 1.54) is 12.1 Å². The number of likely N-dealkylation sites (tertiary alicyclic amines) is 1. The number of halogens is 3. The Kier molecular flexibility index (Phi) is 5.86. The van der Waals surface area contributed by atoms with E-state index in [2.05, 4.69) is 5.32 Å². The van der Waals surface area contributed by atoms with Crippen LogP contribution in [0.25, 0.3) is 0 Å². The molecular formula is C20H25F3N2O3. The fraction of sp³-hybridized carbons (Fsp3) is 0.600. The monoisotopic (exact) mass is 398 g/mol. The summed E-state index contributed by atoms with van der Waals surface area (Å²) in [5.41, 5.74) is -0.00410. The van der Waals surface area contributed by atoms with E-state index in [1.54, 1.807) is 4.90 Å². The number of hydrogen-bond donors (Lipinski definition) is 2. The molecule has 3 rings (SSSR count). The van der Waals surface area contributed by atoms with Crippen LogP contribution in [0.3, 0.4) is 0 Å². The summed E-state index contributed by atoms with van der Waals surface area (Å²) >= 11 is 0. The lowest BCUT2D eigenvalue weighted by molar-refractivity contribution is -0.143. The highest BCUT2D eigenvalue weighted by molar-refractivity contribution is 5.75. The van der Waals surface area contributed by atoms with Crippen molar-refractivity contribution in [2.75, 3.05) is 6.54 Å². The molecule has 0 radical (unpaired) electrons. The number of aliphatic carboxylic acids is 1.